The average Bonchev–Trinajstić information content (AvgIpc) is 2.64. The highest BCUT2D eigenvalue weighted by Gasteiger charge is 2.17. The molecule has 1 aromatic heterocycles. The van der Waals surface area contributed by atoms with Crippen molar-refractivity contribution in [1.82, 2.24) is 9.78 Å². The van der Waals surface area contributed by atoms with Gasteiger partial charge in [-0.25, -0.2) is 13.9 Å². The molecular weight excluding hydrogens is 247 g/mol. The molecule has 0 aliphatic carbocycles. The monoisotopic (exact) mass is 262 g/mol. The van der Waals surface area contributed by atoms with E-state index in [9.17, 15) is 9.18 Å². The largest absolute Gasteiger partial charge is 0.478 e. The van der Waals surface area contributed by atoms with Gasteiger partial charge in [-0.05, 0) is 44.0 Å². The summed E-state index contributed by atoms with van der Waals surface area (Å²) >= 11 is 0. The number of aromatic nitrogens is 2. The molecule has 0 radical (unpaired) electrons. The van der Waals surface area contributed by atoms with E-state index in [1.807, 2.05) is 20.8 Å². The van der Waals surface area contributed by atoms with Crippen molar-refractivity contribution in [3.05, 3.63) is 46.5 Å². The molecule has 2 aromatic rings. The van der Waals surface area contributed by atoms with Crippen LogP contribution in [0, 0.1) is 19.7 Å². The zero-order chi connectivity index (χ0) is 14.2. The minimum absolute atomic E-state index is 0.0896. The molecule has 0 amide bonds. The minimum atomic E-state index is -1.17. The maximum atomic E-state index is 13.2. The fraction of sp³-hybridized carbons (Fsp3) is 0.286. The lowest BCUT2D eigenvalue weighted by Crippen LogP contribution is -2.08. The molecule has 0 saturated carbocycles. The molecule has 1 aromatic carbocycles. The number of hydrogen-bond donors (Lipinski definition) is 1. The zero-order valence-electron chi connectivity index (χ0n) is 11.1. The number of rotatable bonds is 3. The van der Waals surface area contributed by atoms with Crippen molar-refractivity contribution in [2.24, 2.45) is 0 Å². The van der Waals surface area contributed by atoms with E-state index in [2.05, 4.69) is 5.10 Å². The Labute approximate surface area is 110 Å². The SMILES string of the molecule is CCc1c(C)nn(-c2ccc(F)cc2C(=O)O)c1C. The molecule has 1 heterocycles. The van der Waals surface area contributed by atoms with E-state index in [1.165, 1.54) is 12.1 Å². The van der Waals surface area contributed by atoms with Crippen LogP contribution in [0.1, 0.15) is 34.2 Å². The van der Waals surface area contributed by atoms with Crippen LogP contribution < -0.4 is 0 Å². The smallest absolute Gasteiger partial charge is 0.338 e. The second-order valence-corrected chi connectivity index (χ2v) is 4.38. The van der Waals surface area contributed by atoms with Crippen LogP contribution in [0.15, 0.2) is 18.2 Å². The summed E-state index contributed by atoms with van der Waals surface area (Å²) in [6, 6.07) is 3.70. The Morgan fingerprint density at radius 2 is 2.11 bits per heavy atom. The first-order valence-corrected chi connectivity index (χ1v) is 6.04. The number of carbonyl (C=O) groups is 1. The van der Waals surface area contributed by atoms with E-state index in [0.29, 0.717) is 5.69 Å². The van der Waals surface area contributed by atoms with E-state index >= 15 is 0 Å². The normalized spacial score (nSPS) is 10.7. The van der Waals surface area contributed by atoms with Gasteiger partial charge in [0.25, 0.3) is 0 Å². The second-order valence-electron chi connectivity index (χ2n) is 4.38. The average molecular weight is 262 g/mol. The molecule has 0 bridgehead atoms. The van der Waals surface area contributed by atoms with E-state index < -0.39 is 11.8 Å². The van der Waals surface area contributed by atoms with Crippen LogP contribution in [0.25, 0.3) is 5.69 Å². The van der Waals surface area contributed by atoms with Gasteiger partial charge in [0.2, 0.25) is 0 Å². The summed E-state index contributed by atoms with van der Waals surface area (Å²) in [5.41, 5.74) is 3.12. The summed E-state index contributed by atoms with van der Waals surface area (Å²) in [5, 5.41) is 13.5. The summed E-state index contributed by atoms with van der Waals surface area (Å²) in [5.74, 6) is -1.74. The van der Waals surface area contributed by atoms with E-state index in [-0.39, 0.29) is 5.56 Å². The highest BCUT2D eigenvalue weighted by Crippen LogP contribution is 2.22. The van der Waals surface area contributed by atoms with Crippen LogP contribution in [0.2, 0.25) is 0 Å². The van der Waals surface area contributed by atoms with E-state index in [0.717, 1.165) is 29.4 Å². The van der Waals surface area contributed by atoms with Crippen molar-refractivity contribution in [3.8, 4) is 5.69 Å². The summed E-state index contributed by atoms with van der Waals surface area (Å²) < 4.78 is 14.7. The number of halogens is 1. The molecule has 19 heavy (non-hydrogen) atoms. The van der Waals surface area contributed by atoms with Gasteiger partial charge in [-0.15, -0.1) is 0 Å². The zero-order valence-corrected chi connectivity index (χ0v) is 11.1. The predicted octanol–water partition coefficient (Wildman–Crippen LogP) is 2.89. The Bertz CT molecular complexity index is 647. The van der Waals surface area contributed by atoms with Gasteiger partial charge in [0, 0.05) is 5.69 Å². The van der Waals surface area contributed by atoms with Gasteiger partial charge in [-0.3, -0.25) is 0 Å². The van der Waals surface area contributed by atoms with Gasteiger partial charge in [0.1, 0.15) is 5.82 Å². The number of carboxylic acid groups (broad SMARTS) is 1. The number of nitrogens with zero attached hydrogens (tertiary/aromatic N) is 2. The molecular formula is C14H15FN2O2. The Morgan fingerprint density at radius 1 is 1.42 bits per heavy atom. The van der Waals surface area contributed by atoms with Gasteiger partial charge >= 0.3 is 5.97 Å². The number of carboxylic acids is 1. The fourth-order valence-electron chi connectivity index (χ4n) is 2.29. The molecule has 0 aliphatic rings. The van der Waals surface area contributed by atoms with Crippen LogP contribution in [-0.4, -0.2) is 20.9 Å². The quantitative estimate of drug-likeness (QED) is 0.925. The molecule has 0 fully saturated rings. The fourth-order valence-corrected chi connectivity index (χ4v) is 2.29. The number of benzene rings is 1. The van der Waals surface area contributed by atoms with Crippen LogP contribution >= 0.6 is 0 Å². The molecule has 4 nitrogen and oxygen atoms in total. The molecule has 1 N–H and O–H groups in total. The van der Waals surface area contributed by atoms with Crippen molar-refractivity contribution in [3.63, 3.8) is 0 Å². The van der Waals surface area contributed by atoms with Crippen molar-refractivity contribution in [2.75, 3.05) is 0 Å². The van der Waals surface area contributed by atoms with Gasteiger partial charge in [-0.2, -0.15) is 5.10 Å². The van der Waals surface area contributed by atoms with Gasteiger partial charge < -0.3 is 5.11 Å². The molecule has 0 saturated heterocycles. The van der Waals surface area contributed by atoms with Gasteiger partial charge in [0.15, 0.2) is 0 Å². The second kappa shape index (κ2) is 4.84. The number of aryl methyl sites for hydroxylation is 1. The lowest BCUT2D eigenvalue weighted by Gasteiger charge is -2.08. The molecule has 0 spiro atoms. The van der Waals surface area contributed by atoms with Gasteiger partial charge in [0.05, 0.1) is 16.9 Å². The first-order valence-electron chi connectivity index (χ1n) is 6.04. The number of aromatic carboxylic acids is 1. The van der Waals surface area contributed by atoms with Crippen molar-refractivity contribution in [1.29, 1.82) is 0 Å². The first-order chi connectivity index (χ1) is 8.95. The number of hydrogen-bond acceptors (Lipinski definition) is 2. The van der Waals surface area contributed by atoms with Crippen LogP contribution in [0.3, 0.4) is 0 Å². The molecule has 5 heteroatoms. The van der Waals surface area contributed by atoms with Crippen LogP contribution in [-0.2, 0) is 6.42 Å². The highest BCUT2D eigenvalue weighted by atomic mass is 19.1. The Morgan fingerprint density at radius 3 is 2.63 bits per heavy atom. The molecule has 2 rings (SSSR count). The lowest BCUT2D eigenvalue weighted by atomic mass is 10.1. The molecule has 100 valence electrons. The summed E-state index contributed by atoms with van der Waals surface area (Å²) in [6.45, 7) is 5.78. The standard InChI is InChI=1S/C14H15FN2O2/c1-4-11-8(2)16-17(9(11)3)13-6-5-10(15)7-12(13)14(18)19/h5-7H,4H2,1-3H3,(H,18,19). The highest BCUT2D eigenvalue weighted by molar-refractivity contribution is 5.92. The van der Waals surface area contributed by atoms with E-state index in [1.54, 1.807) is 4.68 Å². The van der Waals surface area contributed by atoms with Gasteiger partial charge in [-0.1, -0.05) is 6.92 Å². The predicted molar refractivity (Wildman–Crippen MR) is 69.3 cm³/mol. The molecule has 0 aliphatic heterocycles. The third kappa shape index (κ3) is 2.23. The Hall–Kier alpha value is -2.17. The van der Waals surface area contributed by atoms with Crippen molar-refractivity contribution in [2.45, 2.75) is 27.2 Å². The maximum Gasteiger partial charge on any atom is 0.338 e. The first kappa shape index (κ1) is 13.3. The Balaban J connectivity index is 2.69. The third-order valence-electron chi connectivity index (χ3n) is 3.21. The minimum Gasteiger partial charge on any atom is -0.478 e. The van der Waals surface area contributed by atoms with Crippen molar-refractivity contribution >= 4 is 5.97 Å². The Kier molecular flexibility index (Phi) is 3.38. The van der Waals surface area contributed by atoms with Crippen molar-refractivity contribution < 1.29 is 14.3 Å². The van der Waals surface area contributed by atoms with Crippen LogP contribution in [0.4, 0.5) is 4.39 Å². The lowest BCUT2D eigenvalue weighted by molar-refractivity contribution is 0.0696. The van der Waals surface area contributed by atoms with E-state index in [4.69, 9.17) is 5.11 Å². The summed E-state index contributed by atoms with van der Waals surface area (Å²) in [4.78, 5) is 11.2. The summed E-state index contributed by atoms with van der Waals surface area (Å²) in [6.07, 6.45) is 0.821. The third-order valence-corrected chi connectivity index (χ3v) is 3.21. The molecule has 0 unspecified atom stereocenters. The van der Waals surface area contributed by atoms with Crippen LogP contribution in [0.5, 0.6) is 0 Å². The topological polar surface area (TPSA) is 55.1 Å². The maximum absolute atomic E-state index is 13.2. The summed E-state index contributed by atoms with van der Waals surface area (Å²) in [7, 11) is 0. The molecule has 0 atom stereocenters.